The van der Waals surface area contributed by atoms with E-state index in [1.54, 1.807) is 12.3 Å². The van der Waals surface area contributed by atoms with Crippen molar-refractivity contribution in [3.05, 3.63) is 40.3 Å². The molecule has 2 aromatic heterocycles. The smallest absolute Gasteiger partial charge is 0.259 e. The van der Waals surface area contributed by atoms with Gasteiger partial charge in [0.1, 0.15) is 11.5 Å². The standard InChI is InChI=1S/C9H9N3O/c1-6-2-3-8-11-7(10)4-9(13)12(8)5-6/h2-5H,10H2,1H3. The number of hydrogen-bond donors (Lipinski definition) is 1. The summed E-state index contributed by atoms with van der Waals surface area (Å²) in [4.78, 5) is 15.4. The Balaban J connectivity index is 2.95. The molecule has 2 rings (SSSR count). The lowest BCUT2D eigenvalue weighted by Crippen LogP contribution is -2.15. The van der Waals surface area contributed by atoms with Gasteiger partial charge < -0.3 is 5.73 Å². The summed E-state index contributed by atoms with van der Waals surface area (Å²) in [6.07, 6.45) is 1.74. The number of aryl methyl sites for hydroxylation is 1. The lowest BCUT2D eigenvalue weighted by molar-refractivity contribution is 1.04. The SMILES string of the molecule is Cc1ccc2nc(N)cc(=O)n2c1. The van der Waals surface area contributed by atoms with Gasteiger partial charge in [-0.15, -0.1) is 0 Å². The number of anilines is 1. The maximum absolute atomic E-state index is 11.4. The fourth-order valence-corrected chi connectivity index (χ4v) is 1.23. The number of rotatable bonds is 0. The first kappa shape index (κ1) is 7.79. The molecule has 4 heteroatoms. The first-order valence-corrected chi connectivity index (χ1v) is 3.92. The van der Waals surface area contributed by atoms with Gasteiger partial charge in [0.2, 0.25) is 0 Å². The molecule has 66 valence electrons. The fourth-order valence-electron chi connectivity index (χ4n) is 1.23. The van der Waals surface area contributed by atoms with E-state index in [0.29, 0.717) is 5.65 Å². The van der Waals surface area contributed by atoms with E-state index >= 15 is 0 Å². The molecule has 2 aromatic rings. The molecule has 0 amide bonds. The van der Waals surface area contributed by atoms with Crippen LogP contribution in [-0.2, 0) is 0 Å². The summed E-state index contributed by atoms with van der Waals surface area (Å²) in [7, 11) is 0. The second kappa shape index (κ2) is 2.58. The molecular formula is C9H9N3O. The average Bonchev–Trinajstić information content (AvgIpc) is 2.06. The van der Waals surface area contributed by atoms with E-state index in [1.807, 2.05) is 13.0 Å². The Morgan fingerprint density at radius 3 is 3.00 bits per heavy atom. The highest BCUT2D eigenvalue weighted by Gasteiger charge is 1.98. The molecule has 0 aromatic carbocycles. The molecule has 4 nitrogen and oxygen atoms in total. The maximum Gasteiger partial charge on any atom is 0.259 e. The third-order valence-corrected chi connectivity index (χ3v) is 1.83. The van der Waals surface area contributed by atoms with Gasteiger partial charge in [0.15, 0.2) is 0 Å². The number of nitrogen functional groups attached to an aromatic ring is 1. The summed E-state index contributed by atoms with van der Waals surface area (Å²) < 4.78 is 1.48. The van der Waals surface area contributed by atoms with Crippen molar-refractivity contribution in [1.29, 1.82) is 0 Å². The number of pyridine rings is 1. The zero-order valence-electron chi connectivity index (χ0n) is 7.19. The molecule has 0 fully saturated rings. The lowest BCUT2D eigenvalue weighted by Gasteiger charge is -2.00. The highest BCUT2D eigenvalue weighted by Crippen LogP contribution is 2.02. The molecule has 0 atom stereocenters. The number of nitrogens with two attached hydrogens (primary N) is 1. The van der Waals surface area contributed by atoms with Crippen LogP contribution in [0.2, 0.25) is 0 Å². The zero-order valence-corrected chi connectivity index (χ0v) is 7.19. The summed E-state index contributed by atoms with van der Waals surface area (Å²) in [5, 5.41) is 0. The molecule has 0 unspecified atom stereocenters. The van der Waals surface area contributed by atoms with E-state index in [-0.39, 0.29) is 11.4 Å². The van der Waals surface area contributed by atoms with Crippen molar-refractivity contribution in [2.75, 3.05) is 5.73 Å². The van der Waals surface area contributed by atoms with Gasteiger partial charge in [0.05, 0.1) is 0 Å². The van der Waals surface area contributed by atoms with Gasteiger partial charge in [-0.2, -0.15) is 0 Å². The molecular weight excluding hydrogens is 166 g/mol. The molecule has 0 saturated heterocycles. The zero-order chi connectivity index (χ0) is 9.42. The molecule has 0 radical (unpaired) electrons. The Hall–Kier alpha value is -1.84. The summed E-state index contributed by atoms with van der Waals surface area (Å²) in [6, 6.07) is 4.97. The second-order valence-corrected chi connectivity index (χ2v) is 2.95. The van der Waals surface area contributed by atoms with Crippen LogP contribution in [-0.4, -0.2) is 9.38 Å². The normalized spacial score (nSPS) is 10.5. The number of aromatic nitrogens is 2. The van der Waals surface area contributed by atoms with E-state index in [9.17, 15) is 4.79 Å². The first-order chi connectivity index (χ1) is 6.16. The summed E-state index contributed by atoms with van der Waals surface area (Å²) >= 11 is 0. The lowest BCUT2D eigenvalue weighted by atomic mass is 10.3. The van der Waals surface area contributed by atoms with E-state index in [1.165, 1.54) is 10.5 Å². The highest BCUT2D eigenvalue weighted by molar-refractivity contribution is 5.44. The van der Waals surface area contributed by atoms with E-state index in [2.05, 4.69) is 4.98 Å². The monoisotopic (exact) mass is 175 g/mol. The molecule has 0 bridgehead atoms. The molecule has 0 aliphatic rings. The number of hydrogen-bond acceptors (Lipinski definition) is 3. The van der Waals surface area contributed by atoms with Gasteiger partial charge in [-0.1, -0.05) is 6.07 Å². The summed E-state index contributed by atoms with van der Waals surface area (Å²) in [5.41, 5.74) is 6.89. The number of nitrogens with zero attached hydrogens (tertiary/aromatic N) is 2. The van der Waals surface area contributed by atoms with Crippen LogP contribution in [0.5, 0.6) is 0 Å². The van der Waals surface area contributed by atoms with Gasteiger partial charge in [-0.3, -0.25) is 9.20 Å². The van der Waals surface area contributed by atoms with Crippen LogP contribution in [0.4, 0.5) is 5.82 Å². The predicted octanol–water partition coefficient (Wildman–Crippen LogP) is 0.585. The summed E-state index contributed by atoms with van der Waals surface area (Å²) in [5.74, 6) is 0.258. The third-order valence-electron chi connectivity index (χ3n) is 1.83. The Bertz CT molecular complexity index is 516. The largest absolute Gasteiger partial charge is 0.383 e. The van der Waals surface area contributed by atoms with Crippen LogP contribution in [0.15, 0.2) is 29.2 Å². The van der Waals surface area contributed by atoms with Gasteiger partial charge >= 0.3 is 0 Å². The topological polar surface area (TPSA) is 60.4 Å². The summed E-state index contributed by atoms with van der Waals surface area (Å²) in [6.45, 7) is 1.92. The highest BCUT2D eigenvalue weighted by atomic mass is 16.1. The Morgan fingerprint density at radius 1 is 1.46 bits per heavy atom. The van der Waals surface area contributed by atoms with Crippen molar-refractivity contribution in [2.45, 2.75) is 6.92 Å². The van der Waals surface area contributed by atoms with E-state index < -0.39 is 0 Å². The van der Waals surface area contributed by atoms with Gasteiger partial charge in [-0.05, 0) is 18.6 Å². The van der Waals surface area contributed by atoms with Crippen LogP contribution < -0.4 is 11.3 Å². The molecule has 13 heavy (non-hydrogen) atoms. The number of fused-ring (bicyclic) bond motifs is 1. The fraction of sp³-hybridized carbons (Fsp3) is 0.111. The second-order valence-electron chi connectivity index (χ2n) is 2.95. The van der Waals surface area contributed by atoms with Crippen molar-refractivity contribution in [1.82, 2.24) is 9.38 Å². The van der Waals surface area contributed by atoms with Crippen molar-refractivity contribution in [3.63, 3.8) is 0 Å². The molecule has 0 spiro atoms. The van der Waals surface area contributed by atoms with Crippen LogP contribution >= 0.6 is 0 Å². The Morgan fingerprint density at radius 2 is 2.23 bits per heavy atom. The van der Waals surface area contributed by atoms with Crippen LogP contribution in [0, 0.1) is 6.92 Å². The van der Waals surface area contributed by atoms with E-state index in [4.69, 9.17) is 5.73 Å². The van der Waals surface area contributed by atoms with Crippen molar-refractivity contribution < 1.29 is 0 Å². The molecule has 0 saturated carbocycles. The van der Waals surface area contributed by atoms with Crippen molar-refractivity contribution in [2.24, 2.45) is 0 Å². The minimum absolute atomic E-state index is 0.147. The third kappa shape index (κ3) is 1.26. The minimum atomic E-state index is -0.147. The van der Waals surface area contributed by atoms with Crippen LogP contribution in [0.1, 0.15) is 5.56 Å². The molecule has 0 aliphatic heterocycles. The molecule has 0 aliphatic carbocycles. The quantitative estimate of drug-likeness (QED) is 0.637. The van der Waals surface area contributed by atoms with E-state index in [0.717, 1.165) is 5.56 Å². The Kier molecular flexibility index (Phi) is 1.55. The Labute approximate surface area is 74.6 Å². The van der Waals surface area contributed by atoms with Gasteiger partial charge in [-0.25, -0.2) is 4.98 Å². The van der Waals surface area contributed by atoms with Crippen molar-refractivity contribution in [3.8, 4) is 0 Å². The van der Waals surface area contributed by atoms with Gasteiger partial charge in [0, 0.05) is 12.3 Å². The maximum atomic E-state index is 11.4. The molecule has 2 heterocycles. The average molecular weight is 175 g/mol. The van der Waals surface area contributed by atoms with Crippen molar-refractivity contribution >= 4 is 11.5 Å². The van der Waals surface area contributed by atoms with Crippen LogP contribution in [0.3, 0.4) is 0 Å². The predicted molar refractivity (Wildman–Crippen MR) is 50.6 cm³/mol. The van der Waals surface area contributed by atoms with Gasteiger partial charge in [0.25, 0.3) is 5.56 Å². The molecule has 2 N–H and O–H groups in total. The first-order valence-electron chi connectivity index (χ1n) is 3.92. The minimum Gasteiger partial charge on any atom is -0.383 e. The van der Waals surface area contributed by atoms with Crippen LogP contribution in [0.25, 0.3) is 5.65 Å².